The van der Waals surface area contributed by atoms with Gasteiger partial charge in [-0.25, -0.2) is 29.0 Å². The van der Waals surface area contributed by atoms with Crippen LogP contribution in [0.5, 0.6) is 0 Å². The number of hydrogen-bond donors (Lipinski definition) is 8. The number of esters is 2. The van der Waals surface area contributed by atoms with Crippen LogP contribution in [-0.2, 0) is 57.2 Å². The van der Waals surface area contributed by atoms with Crippen molar-refractivity contribution >= 4 is 113 Å². The van der Waals surface area contributed by atoms with Gasteiger partial charge in [0.05, 0.1) is 19.8 Å². The molecule has 6 atom stereocenters. The summed E-state index contributed by atoms with van der Waals surface area (Å²) in [6, 6.07) is 44.8. The topological polar surface area (TPSA) is 426 Å². The van der Waals surface area contributed by atoms with Crippen molar-refractivity contribution in [3.63, 3.8) is 0 Å². The number of alkyl carbamates (subject to hydrolysis) is 5. The number of hydroxylamine groups is 2. The molecule has 0 saturated heterocycles. The van der Waals surface area contributed by atoms with Crippen molar-refractivity contribution in [2.75, 3.05) is 34.0 Å². The number of carboxylic acid groups (broad SMARTS) is 1. The van der Waals surface area contributed by atoms with E-state index in [0.717, 1.165) is 5.06 Å². The minimum absolute atomic E-state index is 0. The van der Waals surface area contributed by atoms with Crippen molar-refractivity contribution in [2.45, 2.75) is 289 Å². The Bertz CT molecular complexity index is 3760. The van der Waals surface area contributed by atoms with Crippen LogP contribution in [0.4, 0.5) is 24.0 Å². The van der Waals surface area contributed by atoms with Gasteiger partial charge in [0.15, 0.2) is 23.1 Å². The average Bonchev–Trinajstić information content (AvgIpc) is 0.822. The maximum absolute atomic E-state index is 12.7. The standard InChI is InChI=1S/C17H23NO5.C15H21NO4.C14H19NO3.C12H15NO3.C10H20N2O4.C8H15NO4.C6H5.9CH4.BrH.ClH.Mg/c1-12(19)22-11-17(5,18-15(21)23-16(2,3)4)14(20)13-9-7-6-8-10-13;1-14(2,3)20-13(19)16-15(4,10-17)12(18)11-8-6-5-7-9-11;1-10(15-13(17)18-14(2,3)4)12(16)11-8-6-5-7-9-11;1-9(14)16-8-12(2,13)11(15)10-6-4-3-5-7-10;1-7(8(13)12(5)15-6)11-9(14)16-10(2,3)4;1-5(6(10)11)9-7(12)13-8(2,3)4;1-2-4-6-5-3-1;;;;;;;;;;;;/h6-10H,11H2,1-5H3,(H,18,21);5-9,17H,10H2,1-4H3,(H,16,19);5-10H,1-4H3,(H,15,17);3-7H,8,13H2,1-2H3;7H,1-6H3,(H,11,14);5H,1-4H3,(H,9,12)(H,10,11);1-5H;9*1H4;2*1H;/q;;;;;;-1;;;;;;;;;;;;+2/p-1. The van der Waals surface area contributed by atoms with Crippen molar-refractivity contribution in [3.05, 3.63) is 180 Å². The fourth-order valence-electron chi connectivity index (χ4n) is 7.88. The summed E-state index contributed by atoms with van der Waals surface area (Å²) in [5, 5.41) is 31.0. The Morgan fingerprint density at radius 2 is 0.661 bits per heavy atom. The first-order chi connectivity index (χ1) is 51.3. The zero-order valence-electron chi connectivity index (χ0n) is 70.8. The molecule has 0 aliphatic rings. The number of aliphatic hydroxyl groups is 1. The number of hydrogen-bond acceptors (Lipinski definition) is 23. The largest absolute Gasteiger partial charge is 2.00 e. The Labute approximate surface area is 775 Å². The second-order valence-electron chi connectivity index (χ2n) is 30.4. The maximum Gasteiger partial charge on any atom is 2.00 e. The Balaban J connectivity index is -0.0000000950. The number of aliphatic carboxylic acids is 1. The fraction of sp³-hybridized carbons (Fsp3) is 0.527. The van der Waals surface area contributed by atoms with Gasteiger partial charge in [-0.15, -0.1) is 12.4 Å². The number of rotatable bonds is 21. The SMILES string of the molecule is C.C.C.C.C.C.C.C.C.CC(=O)OCC(C)(N)C(=O)c1ccccc1.CC(=O)OCC(C)(NC(=O)OC(C)(C)C)C(=O)c1ccccc1.CC(C)(C)OC(=O)NC(C)(CO)C(=O)c1ccccc1.CC(NC(=O)OC(C)(C)C)C(=O)O.CC(NC(=O)OC(C)(C)C)C(=O)c1ccccc1.CON(C)C(=O)C(C)NC(=O)OC(C)(C)C.Cl.[Br-].[Mg+2].[c-]1ccccc1. The molecule has 0 aliphatic heterocycles. The molecule has 5 rings (SSSR count). The summed E-state index contributed by atoms with van der Waals surface area (Å²) in [4.78, 5) is 155. The molecule has 6 unspecified atom stereocenters. The van der Waals surface area contributed by atoms with Gasteiger partial charge in [-0.2, -0.15) is 36.4 Å². The molecular weight excluding hydrogens is 1700 g/mol. The van der Waals surface area contributed by atoms with Crippen molar-refractivity contribution in [2.24, 2.45) is 5.73 Å². The molecule has 30 nitrogen and oxygen atoms in total. The number of likely N-dealkylation sites (N-methyl/N-ethyl adjacent to an activating group) is 1. The molecule has 124 heavy (non-hydrogen) atoms. The molecule has 5 aromatic rings. The van der Waals surface area contributed by atoms with Crippen LogP contribution < -0.4 is 49.3 Å². The summed E-state index contributed by atoms with van der Waals surface area (Å²) in [6.07, 6.45) is -3.42. The summed E-state index contributed by atoms with van der Waals surface area (Å²) < 4.78 is 35.0. The van der Waals surface area contributed by atoms with Crippen LogP contribution in [0.3, 0.4) is 0 Å². The Hall–Kier alpha value is -9.57. The quantitative estimate of drug-likeness (QED) is 0.00844. The molecule has 9 N–H and O–H groups in total. The zero-order valence-corrected chi connectivity index (χ0v) is 74.6. The first-order valence-corrected chi connectivity index (χ1v) is 35.3. The minimum Gasteiger partial charge on any atom is -1.00 e. The van der Waals surface area contributed by atoms with Crippen LogP contribution in [0.1, 0.15) is 268 Å². The van der Waals surface area contributed by atoms with E-state index in [1.54, 1.807) is 234 Å². The number of carboxylic acids is 1. The van der Waals surface area contributed by atoms with Gasteiger partial charge < -0.3 is 92.7 Å². The Kier molecular flexibility index (Phi) is 82.0. The van der Waals surface area contributed by atoms with E-state index >= 15 is 0 Å². The van der Waals surface area contributed by atoms with Gasteiger partial charge in [0, 0.05) is 43.1 Å². The Morgan fingerprint density at radius 1 is 0.403 bits per heavy atom. The van der Waals surface area contributed by atoms with Gasteiger partial charge in [-0.3, -0.25) is 43.2 Å². The number of Topliss-reactive ketones (excluding diaryl/α,β-unsaturated/α-hetero) is 4. The molecule has 0 spiro atoms. The van der Waals surface area contributed by atoms with Crippen LogP contribution in [0, 0.1) is 6.07 Å². The molecule has 5 aromatic carbocycles. The molecule has 0 bridgehead atoms. The van der Waals surface area contributed by atoms with E-state index in [2.05, 4.69) is 32.7 Å². The number of carbonyl (C=O) groups excluding carboxylic acids is 12. The van der Waals surface area contributed by atoms with E-state index in [-0.39, 0.29) is 162 Å². The number of amides is 6. The van der Waals surface area contributed by atoms with Crippen LogP contribution in [0.25, 0.3) is 0 Å². The number of nitrogens with two attached hydrogens (primary N) is 1. The van der Waals surface area contributed by atoms with Gasteiger partial charge in [0.25, 0.3) is 5.91 Å². The molecular formula is C91H155BrClMgN7O23. The summed E-state index contributed by atoms with van der Waals surface area (Å²) in [7, 11) is 2.84. The van der Waals surface area contributed by atoms with Crippen LogP contribution >= 0.6 is 12.4 Å². The second-order valence-corrected chi connectivity index (χ2v) is 30.4. The molecule has 0 radical (unpaired) electrons. The van der Waals surface area contributed by atoms with Gasteiger partial charge in [-0.1, -0.05) is 188 Å². The first-order valence-electron chi connectivity index (χ1n) is 35.3. The number of ketones is 4. The fourth-order valence-corrected chi connectivity index (χ4v) is 7.88. The average molecular weight is 1850 g/mol. The number of ether oxygens (including phenoxy) is 7. The predicted octanol–water partition coefficient (Wildman–Crippen LogP) is 15.0. The molecule has 0 aromatic heterocycles. The van der Waals surface area contributed by atoms with Crippen LogP contribution in [0.15, 0.2) is 152 Å². The van der Waals surface area contributed by atoms with E-state index in [0.29, 0.717) is 22.3 Å². The van der Waals surface area contributed by atoms with E-state index in [1.165, 1.54) is 48.8 Å². The van der Waals surface area contributed by atoms with E-state index in [4.69, 9.17) is 48.8 Å². The van der Waals surface area contributed by atoms with Gasteiger partial charge in [-0.05, 0) is 145 Å². The molecule has 0 fully saturated rings. The third-order valence-electron chi connectivity index (χ3n) is 13.2. The second kappa shape index (κ2) is 69.7. The van der Waals surface area contributed by atoms with Crippen LogP contribution in [-0.4, -0.2) is 212 Å². The molecule has 33 heteroatoms. The number of benzene rings is 5. The third-order valence-corrected chi connectivity index (χ3v) is 13.2. The summed E-state index contributed by atoms with van der Waals surface area (Å²) in [5.74, 6) is -3.55. The minimum atomic E-state index is -1.42. The van der Waals surface area contributed by atoms with Crippen LogP contribution in [0.2, 0.25) is 0 Å². The van der Waals surface area contributed by atoms with E-state index in [1.807, 2.05) is 42.5 Å². The summed E-state index contributed by atoms with van der Waals surface area (Å²) >= 11 is 0. The smallest absolute Gasteiger partial charge is 1.00 e. The maximum atomic E-state index is 12.7. The molecule has 6 amide bonds. The third kappa shape index (κ3) is 68.8. The van der Waals surface area contributed by atoms with Crippen molar-refractivity contribution in [1.29, 1.82) is 0 Å². The van der Waals surface area contributed by atoms with Crippen molar-refractivity contribution in [3.8, 4) is 0 Å². The molecule has 0 saturated carbocycles. The molecule has 0 aliphatic carbocycles. The number of nitrogens with zero attached hydrogens (tertiary/aromatic N) is 1. The van der Waals surface area contributed by atoms with E-state index in [9.17, 15) is 67.4 Å². The summed E-state index contributed by atoms with van der Waals surface area (Å²) in [6.45, 7) is 36.7. The van der Waals surface area contributed by atoms with Crippen molar-refractivity contribution < 1.29 is 128 Å². The van der Waals surface area contributed by atoms with E-state index < -0.39 is 118 Å². The number of aliphatic hydroxyl groups excluding tert-OH is 1. The predicted molar refractivity (Wildman–Crippen MR) is 494 cm³/mol. The van der Waals surface area contributed by atoms with Gasteiger partial charge >= 0.3 is 71.4 Å². The normalized spacial score (nSPS) is 11.9. The molecule has 708 valence electrons. The van der Waals surface area contributed by atoms with Crippen molar-refractivity contribution in [1.82, 2.24) is 31.6 Å². The zero-order chi connectivity index (χ0) is 86.8. The monoisotopic (exact) mass is 1850 g/mol. The Morgan fingerprint density at radius 3 is 0.927 bits per heavy atom. The number of carbonyl (C=O) groups is 13. The summed E-state index contributed by atoms with van der Waals surface area (Å²) in [5.41, 5.74) is 0.555. The number of halogens is 2. The first kappa shape index (κ1) is 146. The molecule has 0 heterocycles. The van der Waals surface area contributed by atoms with Gasteiger partial charge in [0.1, 0.15) is 69.9 Å². The van der Waals surface area contributed by atoms with Gasteiger partial charge in [0.2, 0.25) is 0 Å². The number of nitrogens with one attached hydrogen (secondary N) is 5.